The Kier molecular flexibility index (Phi) is 9.42. The number of carboxylic acids is 1. The number of aromatic nitrogens is 1. The molecule has 246 valence electrons. The Morgan fingerprint density at radius 3 is 2.24 bits per heavy atom. The van der Waals surface area contributed by atoms with Crippen molar-refractivity contribution < 1.29 is 33.4 Å². The third-order valence-corrected chi connectivity index (χ3v) is 9.51. The molecular formula is C35H43FN4O6. The molecule has 0 bridgehead atoms. The van der Waals surface area contributed by atoms with Gasteiger partial charge in [-0.25, -0.2) is 14.0 Å². The summed E-state index contributed by atoms with van der Waals surface area (Å²) in [5.41, 5.74) is 7.43. The van der Waals surface area contributed by atoms with Gasteiger partial charge in [0.15, 0.2) is 0 Å². The predicted molar refractivity (Wildman–Crippen MR) is 171 cm³/mol. The van der Waals surface area contributed by atoms with Crippen molar-refractivity contribution in [2.45, 2.75) is 82.5 Å². The van der Waals surface area contributed by atoms with Crippen molar-refractivity contribution in [3.63, 3.8) is 0 Å². The van der Waals surface area contributed by atoms with Crippen LogP contribution in [0.4, 0.5) is 9.18 Å². The molecule has 1 aliphatic carbocycles. The number of hydrogen-bond acceptors (Lipinski definition) is 5. The van der Waals surface area contributed by atoms with Crippen LogP contribution in [0.1, 0.15) is 86.5 Å². The third kappa shape index (κ3) is 6.45. The molecule has 2 unspecified atom stereocenters. The zero-order valence-electron chi connectivity index (χ0n) is 26.7. The highest BCUT2D eigenvalue weighted by Gasteiger charge is 2.51. The van der Waals surface area contributed by atoms with E-state index in [1.165, 1.54) is 0 Å². The smallest absolute Gasteiger partial charge is 0.407 e. The van der Waals surface area contributed by atoms with Crippen LogP contribution in [0.5, 0.6) is 0 Å². The second kappa shape index (κ2) is 13.1. The van der Waals surface area contributed by atoms with Crippen molar-refractivity contribution in [1.82, 2.24) is 14.8 Å². The highest BCUT2D eigenvalue weighted by Crippen LogP contribution is 2.49. The Morgan fingerprint density at radius 1 is 1.02 bits per heavy atom. The molecule has 2 heterocycles. The first-order chi connectivity index (χ1) is 21.8. The van der Waals surface area contributed by atoms with Gasteiger partial charge in [0, 0.05) is 35.3 Å². The van der Waals surface area contributed by atoms with E-state index in [2.05, 4.69) is 5.32 Å². The number of carbonyl (C=O) groups is 4. The lowest BCUT2D eigenvalue weighted by molar-refractivity contribution is -0.144. The third-order valence-electron chi connectivity index (χ3n) is 9.51. The van der Waals surface area contributed by atoms with E-state index in [4.69, 9.17) is 10.5 Å². The van der Waals surface area contributed by atoms with Gasteiger partial charge in [-0.15, -0.1) is 0 Å². The molecule has 2 aliphatic rings. The monoisotopic (exact) mass is 634 g/mol. The zero-order chi connectivity index (χ0) is 33.3. The number of aryl methyl sites for hydroxylation is 1. The molecule has 1 aliphatic heterocycles. The van der Waals surface area contributed by atoms with Crippen LogP contribution >= 0.6 is 0 Å². The fourth-order valence-corrected chi connectivity index (χ4v) is 7.51. The number of primary amides is 1. The molecule has 1 saturated carbocycles. The highest BCUT2D eigenvalue weighted by molar-refractivity contribution is 5.99. The summed E-state index contributed by atoms with van der Waals surface area (Å²) in [6.45, 7) is 4.44. The molecule has 1 aromatic heterocycles. The zero-order valence-corrected chi connectivity index (χ0v) is 26.7. The Bertz CT molecular complexity index is 1610. The molecule has 3 amide bonds. The fourth-order valence-electron chi connectivity index (χ4n) is 7.51. The molecule has 11 heteroatoms. The first kappa shape index (κ1) is 33.0. The van der Waals surface area contributed by atoms with E-state index in [1.807, 2.05) is 54.6 Å². The van der Waals surface area contributed by atoms with Gasteiger partial charge >= 0.3 is 12.1 Å². The maximum Gasteiger partial charge on any atom is 0.407 e. The SMILES string of the molecule is Cn1c(C(=O)O)c(C2C[C@@H](c3ccccc3)[C@@H](C(N)=O)N2C(=O)[C@H]2CC[C@H](C(CF)NC(=O)OC(C)(C)C)CC2)c2ccccc21. The van der Waals surface area contributed by atoms with Crippen molar-refractivity contribution in [2.24, 2.45) is 24.6 Å². The van der Waals surface area contributed by atoms with Crippen molar-refractivity contribution in [3.05, 3.63) is 71.4 Å². The highest BCUT2D eigenvalue weighted by atomic mass is 19.1. The van der Waals surface area contributed by atoms with Gasteiger partial charge in [-0.1, -0.05) is 48.5 Å². The van der Waals surface area contributed by atoms with Gasteiger partial charge in [-0.3, -0.25) is 9.59 Å². The van der Waals surface area contributed by atoms with E-state index in [9.17, 15) is 28.7 Å². The van der Waals surface area contributed by atoms with E-state index in [0.29, 0.717) is 48.6 Å². The number of nitrogens with two attached hydrogens (primary N) is 1. The van der Waals surface area contributed by atoms with Crippen LogP contribution < -0.4 is 11.1 Å². The van der Waals surface area contributed by atoms with Crippen LogP contribution in [0.25, 0.3) is 10.9 Å². The summed E-state index contributed by atoms with van der Waals surface area (Å²) in [4.78, 5) is 54.4. The number of ether oxygens (including phenoxy) is 1. The molecule has 2 fully saturated rings. The lowest BCUT2D eigenvalue weighted by Crippen LogP contribution is -2.50. The number of amides is 3. The summed E-state index contributed by atoms with van der Waals surface area (Å²) in [5.74, 6) is -3.19. The number of rotatable bonds is 8. The Labute approximate surface area is 268 Å². The van der Waals surface area contributed by atoms with Crippen LogP contribution in [0, 0.1) is 11.8 Å². The van der Waals surface area contributed by atoms with Gasteiger partial charge < -0.3 is 30.4 Å². The van der Waals surface area contributed by atoms with Crippen molar-refractivity contribution in [2.75, 3.05) is 6.67 Å². The minimum atomic E-state index is -1.13. The Morgan fingerprint density at radius 2 is 1.65 bits per heavy atom. The van der Waals surface area contributed by atoms with Gasteiger partial charge in [0.1, 0.15) is 24.0 Å². The molecule has 0 spiro atoms. The number of alkyl halides is 1. The molecule has 4 N–H and O–H groups in total. The average molecular weight is 635 g/mol. The minimum absolute atomic E-state index is 0.0589. The molecular weight excluding hydrogens is 591 g/mol. The lowest BCUT2D eigenvalue weighted by Gasteiger charge is -2.37. The number of carbonyl (C=O) groups excluding carboxylic acids is 3. The van der Waals surface area contributed by atoms with E-state index < -0.39 is 60.2 Å². The van der Waals surface area contributed by atoms with Crippen molar-refractivity contribution in [3.8, 4) is 0 Å². The van der Waals surface area contributed by atoms with Crippen molar-refractivity contribution in [1.29, 1.82) is 0 Å². The predicted octanol–water partition coefficient (Wildman–Crippen LogP) is 5.46. The number of benzene rings is 2. The second-order valence-corrected chi connectivity index (χ2v) is 13.5. The molecule has 0 radical (unpaired) electrons. The van der Waals surface area contributed by atoms with Crippen molar-refractivity contribution >= 4 is 34.8 Å². The van der Waals surface area contributed by atoms with Crippen LogP contribution in [0.3, 0.4) is 0 Å². The summed E-state index contributed by atoms with van der Waals surface area (Å²) in [6, 6.07) is 14.2. The molecule has 2 aromatic carbocycles. The number of aromatic carboxylic acids is 1. The summed E-state index contributed by atoms with van der Waals surface area (Å²) in [6.07, 6.45) is 1.43. The summed E-state index contributed by atoms with van der Waals surface area (Å²) in [7, 11) is 1.69. The van der Waals surface area contributed by atoms with Gasteiger partial charge in [-0.2, -0.15) is 0 Å². The van der Waals surface area contributed by atoms with E-state index in [-0.39, 0.29) is 17.5 Å². The number of halogens is 1. The molecule has 5 rings (SSSR count). The maximum atomic E-state index is 14.6. The van der Waals surface area contributed by atoms with Crippen LogP contribution in [0.2, 0.25) is 0 Å². The summed E-state index contributed by atoms with van der Waals surface area (Å²) >= 11 is 0. The standard InChI is InChI=1S/C35H43FN4O6/c1-35(2,3)46-34(45)38-25(19-36)21-14-16-22(17-15-21)32(42)40-27(18-24(29(40)31(37)41)20-10-6-5-7-11-20)28-23-12-8-9-13-26(23)39(4)30(28)33(43)44/h5-13,21-22,24-25,27,29H,14-19H2,1-4H3,(H2,37,41)(H,38,45)(H,43,44)/t21-,22-,24-,25?,27?,29-/m0/s1. The number of carboxylic acid groups (broad SMARTS) is 1. The molecule has 10 nitrogen and oxygen atoms in total. The van der Waals surface area contributed by atoms with E-state index >= 15 is 0 Å². The van der Waals surface area contributed by atoms with Gasteiger partial charge in [-0.05, 0) is 70.4 Å². The number of para-hydroxylation sites is 1. The van der Waals surface area contributed by atoms with Crippen LogP contribution in [-0.4, -0.2) is 62.8 Å². The molecule has 1 saturated heterocycles. The Hall–Kier alpha value is -4.41. The number of fused-ring (bicyclic) bond motifs is 1. The van der Waals surface area contributed by atoms with Crippen LogP contribution in [0.15, 0.2) is 54.6 Å². The largest absolute Gasteiger partial charge is 0.477 e. The van der Waals surface area contributed by atoms with Gasteiger partial charge in [0.05, 0.1) is 12.1 Å². The quantitative estimate of drug-likeness (QED) is 0.300. The maximum absolute atomic E-state index is 14.6. The lowest BCUT2D eigenvalue weighted by atomic mass is 9.78. The number of nitrogens with zero attached hydrogens (tertiary/aromatic N) is 2. The summed E-state index contributed by atoms with van der Waals surface area (Å²) in [5, 5.41) is 13.7. The number of nitrogens with one attached hydrogen (secondary N) is 1. The van der Waals surface area contributed by atoms with E-state index in [0.717, 1.165) is 5.56 Å². The minimum Gasteiger partial charge on any atom is -0.477 e. The first-order valence-corrected chi connectivity index (χ1v) is 15.8. The first-order valence-electron chi connectivity index (χ1n) is 15.8. The summed E-state index contributed by atoms with van der Waals surface area (Å²) < 4.78 is 21.0. The Balaban J connectivity index is 1.48. The molecule has 3 aromatic rings. The normalized spacial score (nSPS) is 24.0. The average Bonchev–Trinajstić information content (AvgIpc) is 3.55. The number of alkyl carbamates (subject to hydrolysis) is 1. The molecule has 4 atom stereocenters. The second-order valence-electron chi connectivity index (χ2n) is 13.5. The van der Waals surface area contributed by atoms with Crippen LogP contribution in [-0.2, 0) is 21.4 Å². The number of likely N-dealkylation sites (tertiary alicyclic amines) is 1. The van der Waals surface area contributed by atoms with Gasteiger partial charge in [0.25, 0.3) is 0 Å². The van der Waals surface area contributed by atoms with E-state index in [1.54, 1.807) is 37.3 Å². The number of hydrogen-bond donors (Lipinski definition) is 3. The van der Waals surface area contributed by atoms with Gasteiger partial charge in [0.2, 0.25) is 11.8 Å². The fraction of sp³-hybridized carbons (Fsp3) is 0.486. The molecule has 46 heavy (non-hydrogen) atoms. The topological polar surface area (TPSA) is 144 Å².